The number of halogens is 1. The second kappa shape index (κ2) is 10.8. The molecule has 0 radical (unpaired) electrons. The summed E-state index contributed by atoms with van der Waals surface area (Å²) >= 11 is 3.31. The number of hydrogen-bond acceptors (Lipinski definition) is 6. The van der Waals surface area contributed by atoms with E-state index in [-0.39, 0.29) is 17.6 Å². The Morgan fingerprint density at radius 2 is 1.76 bits per heavy atom. The third-order valence-electron chi connectivity index (χ3n) is 5.88. The summed E-state index contributed by atoms with van der Waals surface area (Å²) in [5, 5.41) is 7.24. The van der Waals surface area contributed by atoms with Gasteiger partial charge in [-0.15, -0.1) is 0 Å². The Balaban J connectivity index is 1.29. The number of hydrogen-bond donors (Lipinski definition) is 2. The van der Waals surface area contributed by atoms with Gasteiger partial charge in [0.15, 0.2) is 5.76 Å². The number of hydrazone groups is 1. The van der Waals surface area contributed by atoms with E-state index in [2.05, 4.69) is 36.8 Å². The summed E-state index contributed by atoms with van der Waals surface area (Å²) in [5.74, 6) is 1.59. The molecule has 8 nitrogen and oxygen atoms in total. The lowest BCUT2D eigenvalue weighted by Gasteiger charge is -2.13. The minimum atomic E-state index is -0.368. The fourth-order valence-corrected chi connectivity index (χ4v) is 4.50. The summed E-state index contributed by atoms with van der Waals surface area (Å²) in [6, 6.07) is 18.3. The smallest absolute Gasteiger partial charge is 0.291 e. The van der Waals surface area contributed by atoms with Crippen molar-refractivity contribution in [1.29, 1.82) is 0 Å². The van der Waals surface area contributed by atoms with Gasteiger partial charge >= 0.3 is 0 Å². The lowest BCUT2D eigenvalue weighted by Crippen LogP contribution is -2.22. The van der Waals surface area contributed by atoms with Crippen molar-refractivity contribution < 1.29 is 18.7 Å². The van der Waals surface area contributed by atoms with Crippen molar-refractivity contribution in [3.63, 3.8) is 0 Å². The zero-order valence-corrected chi connectivity index (χ0v) is 21.5. The average molecular weight is 559 g/mol. The first-order chi connectivity index (χ1) is 18.0. The zero-order chi connectivity index (χ0) is 25.8. The average Bonchev–Trinajstić information content (AvgIpc) is 3.26. The van der Waals surface area contributed by atoms with E-state index >= 15 is 0 Å². The molecule has 2 N–H and O–H groups in total. The van der Waals surface area contributed by atoms with Crippen LogP contribution < -0.4 is 15.5 Å². The number of nitrogens with zero attached hydrogens (tertiary/aromatic N) is 2. The van der Waals surface area contributed by atoms with Crippen molar-refractivity contribution in [1.82, 2.24) is 10.4 Å². The summed E-state index contributed by atoms with van der Waals surface area (Å²) in [6.45, 7) is 1.83. The Morgan fingerprint density at radius 1 is 1.00 bits per heavy atom. The van der Waals surface area contributed by atoms with Gasteiger partial charge in [0.05, 0.1) is 11.3 Å². The summed E-state index contributed by atoms with van der Waals surface area (Å²) in [5.41, 5.74) is 5.74. The molecule has 0 atom stereocenters. The quantitative estimate of drug-likeness (QED) is 0.271. The van der Waals surface area contributed by atoms with E-state index in [0.29, 0.717) is 51.4 Å². The van der Waals surface area contributed by atoms with Gasteiger partial charge in [-0.2, -0.15) is 5.10 Å². The number of carbonyl (C=O) groups is 2. The van der Waals surface area contributed by atoms with E-state index < -0.39 is 0 Å². The van der Waals surface area contributed by atoms with Gasteiger partial charge in [-0.05, 0) is 78.2 Å². The molecule has 0 saturated carbocycles. The molecule has 2 aromatic heterocycles. The van der Waals surface area contributed by atoms with Crippen LogP contribution in [0.1, 0.15) is 50.6 Å². The minimum absolute atomic E-state index is 0.228. The van der Waals surface area contributed by atoms with Crippen LogP contribution in [0.2, 0.25) is 0 Å². The number of pyridine rings is 1. The highest BCUT2D eigenvalue weighted by molar-refractivity contribution is 9.10. The van der Waals surface area contributed by atoms with Crippen LogP contribution in [0.3, 0.4) is 0 Å². The van der Waals surface area contributed by atoms with Crippen LogP contribution in [0, 0.1) is 6.92 Å². The predicted octanol–water partition coefficient (Wildman–Crippen LogP) is 6.26. The number of amides is 2. The molecule has 2 heterocycles. The highest BCUT2D eigenvalue weighted by Gasteiger charge is 2.28. The maximum absolute atomic E-state index is 13.1. The molecule has 186 valence electrons. The molecule has 0 saturated heterocycles. The van der Waals surface area contributed by atoms with Crippen LogP contribution in [0.4, 0.5) is 5.69 Å². The van der Waals surface area contributed by atoms with Gasteiger partial charge in [0.1, 0.15) is 17.3 Å². The molecule has 37 heavy (non-hydrogen) atoms. The predicted molar refractivity (Wildman–Crippen MR) is 143 cm³/mol. The van der Waals surface area contributed by atoms with Gasteiger partial charge in [-0.1, -0.05) is 18.2 Å². The Bertz CT molecular complexity index is 1480. The van der Waals surface area contributed by atoms with E-state index in [1.165, 1.54) is 6.20 Å². The molecule has 0 fully saturated rings. The zero-order valence-electron chi connectivity index (χ0n) is 20.0. The number of aryl methyl sites for hydroxylation is 1. The number of para-hydroxylation sites is 1. The first-order valence-electron chi connectivity index (χ1n) is 11.7. The maximum atomic E-state index is 13.1. The molecule has 1 aliphatic carbocycles. The van der Waals surface area contributed by atoms with Crippen molar-refractivity contribution in [2.75, 3.05) is 5.32 Å². The third kappa shape index (κ3) is 5.62. The molecule has 0 aliphatic heterocycles. The molecule has 9 heteroatoms. The number of aromatic nitrogens is 1. The highest BCUT2D eigenvalue weighted by atomic mass is 79.9. The topological polar surface area (TPSA) is 106 Å². The second-order valence-corrected chi connectivity index (χ2v) is 9.41. The van der Waals surface area contributed by atoms with Crippen LogP contribution in [0.5, 0.6) is 11.5 Å². The molecule has 0 unspecified atom stereocenters. The van der Waals surface area contributed by atoms with Crippen molar-refractivity contribution in [3.05, 3.63) is 106 Å². The molecule has 0 bridgehead atoms. The monoisotopic (exact) mass is 558 g/mol. The highest BCUT2D eigenvalue weighted by Crippen LogP contribution is 2.31. The minimum Gasteiger partial charge on any atom is -0.457 e. The second-order valence-electron chi connectivity index (χ2n) is 8.49. The van der Waals surface area contributed by atoms with Gasteiger partial charge in [0.25, 0.3) is 11.8 Å². The number of benzene rings is 2. The summed E-state index contributed by atoms with van der Waals surface area (Å²) in [7, 11) is 0. The van der Waals surface area contributed by atoms with E-state index in [1.54, 1.807) is 36.5 Å². The number of furan rings is 1. The fraction of sp³-hybridized carbons (Fsp3) is 0.143. The number of nitrogens with one attached hydrogen (secondary N) is 2. The van der Waals surface area contributed by atoms with Crippen molar-refractivity contribution in [3.8, 4) is 11.5 Å². The molecule has 0 spiro atoms. The van der Waals surface area contributed by atoms with E-state index in [1.807, 2.05) is 37.3 Å². The Labute approximate surface area is 221 Å². The SMILES string of the molecule is Cc1c(C(=O)Nc2ccc(Oc3ccccc3)cc2)oc2c1/C(=N/NC(=O)c1cncc(Br)c1)CCC2. The van der Waals surface area contributed by atoms with Gasteiger partial charge in [0.2, 0.25) is 0 Å². The summed E-state index contributed by atoms with van der Waals surface area (Å²) in [6.07, 6.45) is 5.23. The maximum Gasteiger partial charge on any atom is 0.291 e. The van der Waals surface area contributed by atoms with Crippen LogP contribution in [0.25, 0.3) is 0 Å². The number of fused-ring (bicyclic) bond motifs is 1. The Morgan fingerprint density at radius 3 is 2.51 bits per heavy atom. The first-order valence-corrected chi connectivity index (χ1v) is 12.5. The molecule has 1 aliphatic rings. The Hall–Kier alpha value is -4.24. The number of anilines is 1. The van der Waals surface area contributed by atoms with E-state index in [4.69, 9.17) is 9.15 Å². The first kappa shape index (κ1) is 24.5. The summed E-state index contributed by atoms with van der Waals surface area (Å²) < 4.78 is 12.5. The molecule has 2 aromatic carbocycles. The normalized spacial score (nSPS) is 13.6. The molecule has 4 aromatic rings. The van der Waals surface area contributed by atoms with E-state index in [0.717, 1.165) is 17.7 Å². The van der Waals surface area contributed by atoms with Crippen LogP contribution >= 0.6 is 15.9 Å². The third-order valence-corrected chi connectivity index (χ3v) is 6.32. The van der Waals surface area contributed by atoms with Gasteiger partial charge < -0.3 is 14.5 Å². The van der Waals surface area contributed by atoms with Gasteiger partial charge in [0, 0.05) is 40.1 Å². The number of ether oxygens (including phenoxy) is 1. The van der Waals surface area contributed by atoms with Crippen molar-refractivity contribution in [2.45, 2.75) is 26.2 Å². The Kier molecular flexibility index (Phi) is 7.14. The lowest BCUT2D eigenvalue weighted by molar-refractivity contribution is 0.0953. The standard InChI is InChI=1S/C28H23BrN4O4/c1-17-25-23(32-33-27(34)18-14-19(29)16-30-15-18)8-5-9-24(25)37-26(17)28(35)31-20-10-12-22(13-11-20)36-21-6-3-2-4-7-21/h2-4,6-7,10-16H,5,8-9H2,1H3,(H,31,35)(H,33,34)/b32-23+. The van der Waals surface area contributed by atoms with Crippen molar-refractivity contribution >= 4 is 39.1 Å². The van der Waals surface area contributed by atoms with Crippen molar-refractivity contribution in [2.24, 2.45) is 5.10 Å². The molecular weight excluding hydrogens is 536 g/mol. The van der Waals surface area contributed by atoms with Crippen LogP contribution in [-0.2, 0) is 6.42 Å². The largest absolute Gasteiger partial charge is 0.457 e. The van der Waals surface area contributed by atoms with Gasteiger partial charge in [-0.3, -0.25) is 14.6 Å². The number of rotatable bonds is 6. The van der Waals surface area contributed by atoms with Crippen LogP contribution in [-0.4, -0.2) is 22.5 Å². The lowest BCUT2D eigenvalue weighted by atomic mass is 9.93. The summed E-state index contributed by atoms with van der Waals surface area (Å²) in [4.78, 5) is 29.6. The molecular formula is C28H23BrN4O4. The molecule has 2 amide bonds. The van der Waals surface area contributed by atoms with Gasteiger partial charge in [-0.25, -0.2) is 5.43 Å². The fourth-order valence-electron chi connectivity index (χ4n) is 4.13. The van der Waals surface area contributed by atoms with E-state index in [9.17, 15) is 9.59 Å². The number of carbonyl (C=O) groups excluding carboxylic acids is 2. The van der Waals surface area contributed by atoms with Crippen LogP contribution in [0.15, 0.2) is 87.0 Å². The molecule has 5 rings (SSSR count).